The Hall–Kier alpha value is -0.130. The summed E-state index contributed by atoms with van der Waals surface area (Å²) in [5.74, 6) is 0.377. The molecule has 0 aromatic heterocycles. The van der Waals surface area contributed by atoms with Crippen molar-refractivity contribution in [2.45, 2.75) is 62.7 Å². The Morgan fingerprint density at radius 2 is 1.59 bits per heavy atom. The van der Waals surface area contributed by atoms with E-state index in [0.717, 1.165) is 51.4 Å². The zero-order valence-corrected chi connectivity index (χ0v) is 11.1. The van der Waals surface area contributed by atoms with Gasteiger partial charge in [-0.2, -0.15) is 0 Å². The lowest BCUT2D eigenvalue weighted by atomic mass is 9.87. The fourth-order valence-electron chi connectivity index (χ4n) is 2.99. The predicted octanol–water partition coefficient (Wildman–Crippen LogP) is 1.40. The van der Waals surface area contributed by atoms with Gasteiger partial charge in [0.1, 0.15) is 0 Å². The second kappa shape index (κ2) is 5.67. The van der Waals surface area contributed by atoms with E-state index < -0.39 is 10.0 Å². The summed E-state index contributed by atoms with van der Waals surface area (Å²) in [6, 6.07) is 0.100. The third-order valence-electron chi connectivity index (χ3n) is 4.18. The molecule has 2 aliphatic rings. The van der Waals surface area contributed by atoms with E-state index in [1.165, 1.54) is 0 Å². The highest BCUT2D eigenvalue weighted by Crippen LogP contribution is 2.27. The lowest BCUT2D eigenvalue weighted by Gasteiger charge is -2.28. The van der Waals surface area contributed by atoms with E-state index in [9.17, 15) is 8.42 Å². The van der Waals surface area contributed by atoms with E-state index in [-0.39, 0.29) is 17.9 Å². The van der Waals surface area contributed by atoms with Gasteiger partial charge in [-0.1, -0.05) is 12.8 Å². The molecule has 0 amide bonds. The number of hydrogen-bond donors (Lipinski definition) is 2. The lowest BCUT2D eigenvalue weighted by molar-refractivity contribution is 0.180. The zero-order chi connectivity index (χ0) is 12.3. The van der Waals surface area contributed by atoms with Crippen LogP contribution < -0.4 is 4.72 Å². The van der Waals surface area contributed by atoms with Gasteiger partial charge in [0.25, 0.3) is 0 Å². The molecule has 2 aliphatic carbocycles. The molecule has 0 atom stereocenters. The molecule has 2 fully saturated rings. The molecule has 100 valence electrons. The maximum absolute atomic E-state index is 12.1. The van der Waals surface area contributed by atoms with Gasteiger partial charge >= 0.3 is 0 Å². The molecule has 0 heterocycles. The molecule has 0 saturated heterocycles. The normalized spacial score (nSPS) is 31.8. The Bertz CT molecular complexity index is 328. The van der Waals surface area contributed by atoms with Gasteiger partial charge in [0.05, 0.1) is 5.25 Å². The first-order chi connectivity index (χ1) is 8.12. The molecule has 0 aromatic carbocycles. The molecule has 2 rings (SSSR count). The molecule has 0 bridgehead atoms. The fraction of sp³-hybridized carbons (Fsp3) is 1.00. The van der Waals surface area contributed by atoms with Crippen molar-refractivity contribution in [3.8, 4) is 0 Å². The average Bonchev–Trinajstić information content (AvgIpc) is 2.84. The molecule has 4 nitrogen and oxygen atoms in total. The summed E-state index contributed by atoms with van der Waals surface area (Å²) in [6.45, 7) is 0.238. The zero-order valence-electron chi connectivity index (χ0n) is 10.3. The first-order valence-corrected chi connectivity index (χ1v) is 8.28. The van der Waals surface area contributed by atoms with E-state index in [1.54, 1.807) is 0 Å². The van der Waals surface area contributed by atoms with E-state index in [1.807, 2.05) is 0 Å². The highest BCUT2D eigenvalue weighted by atomic mass is 32.2. The summed E-state index contributed by atoms with van der Waals surface area (Å²) in [5.41, 5.74) is 0. The van der Waals surface area contributed by atoms with Crippen LogP contribution in [0.3, 0.4) is 0 Å². The number of hydrogen-bond acceptors (Lipinski definition) is 3. The minimum Gasteiger partial charge on any atom is -0.396 e. The summed E-state index contributed by atoms with van der Waals surface area (Å²) >= 11 is 0. The monoisotopic (exact) mass is 261 g/mol. The molecule has 0 aromatic rings. The van der Waals surface area contributed by atoms with Crippen LogP contribution in [0.2, 0.25) is 0 Å². The van der Waals surface area contributed by atoms with Crippen molar-refractivity contribution in [2.75, 3.05) is 6.61 Å². The van der Waals surface area contributed by atoms with Crippen LogP contribution in [0.4, 0.5) is 0 Å². The Kier molecular flexibility index (Phi) is 4.44. The summed E-state index contributed by atoms with van der Waals surface area (Å²) in [6.07, 6.45) is 7.35. The van der Waals surface area contributed by atoms with Crippen molar-refractivity contribution in [2.24, 2.45) is 5.92 Å². The highest BCUT2D eigenvalue weighted by Gasteiger charge is 2.31. The summed E-state index contributed by atoms with van der Waals surface area (Å²) < 4.78 is 27.1. The van der Waals surface area contributed by atoms with Gasteiger partial charge in [0.2, 0.25) is 10.0 Å². The van der Waals surface area contributed by atoms with Crippen LogP contribution in [-0.2, 0) is 10.0 Å². The summed E-state index contributed by atoms with van der Waals surface area (Å²) in [7, 11) is -3.10. The Labute approximate surface area is 104 Å². The Morgan fingerprint density at radius 1 is 1.00 bits per heavy atom. The van der Waals surface area contributed by atoms with Crippen molar-refractivity contribution in [1.82, 2.24) is 4.72 Å². The van der Waals surface area contributed by atoms with Crippen molar-refractivity contribution < 1.29 is 13.5 Å². The standard InChI is InChI=1S/C12H23NO3S/c14-9-10-5-7-11(8-6-10)13-17(15,16)12-3-1-2-4-12/h10-14H,1-9H2. The third kappa shape index (κ3) is 3.42. The van der Waals surface area contributed by atoms with Crippen LogP contribution in [0.15, 0.2) is 0 Å². The number of nitrogens with one attached hydrogen (secondary N) is 1. The van der Waals surface area contributed by atoms with Gasteiger partial charge in [-0.05, 0) is 44.4 Å². The first-order valence-electron chi connectivity index (χ1n) is 6.74. The van der Waals surface area contributed by atoms with Gasteiger partial charge < -0.3 is 5.11 Å². The topological polar surface area (TPSA) is 66.4 Å². The summed E-state index contributed by atoms with van der Waals surface area (Å²) in [4.78, 5) is 0. The number of aliphatic hydroxyl groups excluding tert-OH is 1. The van der Waals surface area contributed by atoms with Crippen LogP contribution in [0.25, 0.3) is 0 Å². The van der Waals surface area contributed by atoms with Gasteiger partial charge in [0, 0.05) is 12.6 Å². The quantitative estimate of drug-likeness (QED) is 0.804. The Balaban J connectivity index is 1.84. The molecular formula is C12H23NO3S. The largest absolute Gasteiger partial charge is 0.396 e. The van der Waals surface area contributed by atoms with E-state index >= 15 is 0 Å². The number of sulfonamides is 1. The second-order valence-electron chi connectivity index (χ2n) is 5.47. The average molecular weight is 261 g/mol. The van der Waals surface area contributed by atoms with E-state index in [2.05, 4.69) is 4.72 Å². The van der Waals surface area contributed by atoms with Crippen LogP contribution in [0.1, 0.15) is 51.4 Å². The smallest absolute Gasteiger partial charge is 0.214 e. The van der Waals surface area contributed by atoms with Crippen molar-refractivity contribution in [3.05, 3.63) is 0 Å². The van der Waals surface area contributed by atoms with E-state index in [0.29, 0.717) is 5.92 Å². The predicted molar refractivity (Wildman–Crippen MR) is 67.1 cm³/mol. The van der Waals surface area contributed by atoms with Gasteiger partial charge in [0.15, 0.2) is 0 Å². The van der Waals surface area contributed by atoms with E-state index in [4.69, 9.17) is 5.11 Å². The maximum atomic E-state index is 12.1. The Morgan fingerprint density at radius 3 is 2.12 bits per heavy atom. The van der Waals surface area contributed by atoms with Gasteiger partial charge in [-0.15, -0.1) is 0 Å². The van der Waals surface area contributed by atoms with Crippen LogP contribution >= 0.6 is 0 Å². The van der Waals surface area contributed by atoms with Crippen molar-refractivity contribution >= 4 is 10.0 Å². The van der Waals surface area contributed by atoms with Crippen molar-refractivity contribution in [3.63, 3.8) is 0 Å². The lowest BCUT2D eigenvalue weighted by Crippen LogP contribution is -2.42. The minimum absolute atomic E-state index is 0.100. The molecule has 0 spiro atoms. The van der Waals surface area contributed by atoms with Crippen LogP contribution in [-0.4, -0.2) is 31.4 Å². The number of aliphatic hydroxyl groups is 1. The molecule has 5 heteroatoms. The molecule has 0 aliphatic heterocycles. The fourth-order valence-corrected chi connectivity index (χ4v) is 4.84. The first kappa shape index (κ1) is 13.3. The molecular weight excluding hydrogens is 238 g/mol. The number of rotatable bonds is 4. The molecule has 0 unspecified atom stereocenters. The third-order valence-corrected chi connectivity index (χ3v) is 6.19. The maximum Gasteiger partial charge on any atom is 0.214 e. The second-order valence-corrected chi connectivity index (χ2v) is 7.46. The van der Waals surface area contributed by atoms with Crippen molar-refractivity contribution in [1.29, 1.82) is 0 Å². The van der Waals surface area contributed by atoms with Crippen LogP contribution in [0.5, 0.6) is 0 Å². The molecule has 0 radical (unpaired) electrons. The minimum atomic E-state index is -3.10. The van der Waals surface area contributed by atoms with Crippen LogP contribution in [0, 0.1) is 5.92 Å². The molecule has 2 saturated carbocycles. The highest BCUT2D eigenvalue weighted by molar-refractivity contribution is 7.90. The van der Waals surface area contributed by atoms with Gasteiger partial charge in [-0.25, -0.2) is 13.1 Å². The SMILES string of the molecule is O=S(=O)(NC1CCC(CO)CC1)C1CCCC1. The molecule has 17 heavy (non-hydrogen) atoms. The summed E-state index contributed by atoms with van der Waals surface area (Å²) in [5, 5.41) is 8.89. The molecule has 2 N–H and O–H groups in total. The van der Waals surface area contributed by atoms with Gasteiger partial charge in [-0.3, -0.25) is 0 Å².